The summed E-state index contributed by atoms with van der Waals surface area (Å²) >= 11 is 0. The molecule has 7 nitrogen and oxygen atoms in total. The number of nitrogens with zero attached hydrogens (tertiary/aromatic N) is 2. The average Bonchev–Trinajstić information content (AvgIpc) is 3.38. The number of halogens is 1. The van der Waals surface area contributed by atoms with Gasteiger partial charge in [-0.1, -0.05) is 30.3 Å². The van der Waals surface area contributed by atoms with Gasteiger partial charge in [0.2, 0.25) is 5.95 Å². The molecule has 5 rings (SSSR count). The maximum Gasteiger partial charge on any atom is 0.302 e. The fourth-order valence-electron chi connectivity index (χ4n) is 4.35. The summed E-state index contributed by atoms with van der Waals surface area (Å²) in [6.07, 6.45) is 0. The molecule has 1 aromatic heterocycles. The van der Waals surface area contributed by atoms with Crippen LogP contribution in [0.15, 0.2) is 72.3 Å². The number of aromatic nitrogens is 2. The molecule has 4 aromatic rings. The number of hydrogen-bond donors (Lipinski definition) is 2. The van der Waals surface area contributed by atoms with Gasteiger partial charge in [0.15, 0.2) is 0 Å². The lowest BCUT2D eigenvalue weighted by Crippen LogP contribution is -2.30. The van der Waals surface area contributed by atoms with Crippen LogP contribution >= 0.6 is 0 Å². The molecule has 2 heterocycles. The Balaban J connectivity index is 1.69. The van der Waals surface area contributed by atoms with Crippen LogP contribution in [-0.4, -0.2) is 33.4 Å². The third-order valence-electron chi connectivity index (χ3n) is 5.97. The Morgan fingerprint density at radius 3 is 2.60 bits per heavy atom. The molecule has 1 aliphatic heterocycles. The van der Waals surface area contributed by atoms with Crippen molar-refractivity contribution in [3.8, 4) is 5.75 Å². The highest BCUT2D eigenvalue weighted by atomic mass is 19.1. The van der Waals surface area contributed by atoms with Gasteiger partial charge in [0, 0.05) is 5.56 Å². The van der Waals surface area contributed by atoms with Gasteiger partial charge in [-0.25, -0.2) is 9.37 Å². The van der Waals surface area contributed by atoms with E-state index >= 15 is 0 Å². The van der Waals surface area contributed by atoms with E-state index in [1.807, 2.05) is 19.9 Å². The van der Waals surface area contributed by atoms with Crippen LogP contribution in [0.1, 0.15) is 29.7 Å². The number of rotatable bonds is 5. The van der Waals surface area contributed by atoms with Crippen LogP contribution in [0.4, 0.5) is 10.3 Å². The van der Waals surface area contributed by atoms with Gasteiger partial charge < -0.3 is 14.8 Å². The standard InChI is InChI=1S/C27H22FN3O4/c1-3-35-21-12-9-17(13-15(21)2)24(32)22-23(16-7-5-4-6-8-16)31(26(34)25(22)33)27-29-19-11-10-18(28)14-20(19)30-27/h4-14,23,32H,3H2,1-2H3,(H,29,30)/b24-22+. The Hall–Kier alpha value is -4.46. The van der Waals surface area contributed by atoms with Crippen molar-refractivity contribution >= 4 is 34.4 Å². The van der Waals surface area contributed by atoms with E-state index in [1.54, 1.807) is 42.5 Å². The van der Waals surface area contributed by atoms with E-state index < -0.39 is 23.5 Å². The van der Waals surface area contributed by atoms with E-state index in [2.05, 4.69) is 9.97 Å². The molecule has 0 radical (unpaired) electrons. The van der Waals surface area contributed by atoms with E-state index in [0.29, 0.717) is 34.5 Å². The lowest BCUT2D eigenvalue weighted by Gasteiger charge is -2.23. The molecule has 1 unspecified atom stereocenters. The zero-order valence-corrected chi connectivity index (χ0v) is 19.1. The smallest absolute Gasteiger partial charge is 0.302 e. The minimum absolute atomic E-state index is 0.0589. The van der Waals surface area contributed by atoms with Crippen LogP contribution in [0, 0.1) is 12.7 Å². The highest BCUT2D eigenvalue weighted by Crippen LogP contribution is 2.42. The number of imidazole rings is 1. The molecule has 3 aromatic carbocycles. The zero-order valence-electron chi connectivity index (χ0n) is 19.1. The highest BCUT2D eigenvalue weighted by Gasteiger charge is 2.48. The maximum atomic E-state index is 13.7. The summed E-state index contributed by atoms with van der Waals surface area (Å²) in [6.45, 7) is 4.20. The summed E-state index contributed by atoms with van der Waals surface area (Å²) in [7, 11) is 0. The van der Waals surface area contributed by atoms with Gasteiger partial charge in [0.05, 0.1) is 29.3 Å². The minimum atomic E-state index is -0.937. The third-order valence-corrected chi connectivity index (χ3v) is 5.97. The van der Waals surface area contributed by atoms with Crippen LogP contribution in [0.2, 0.25) is 0 Å². The number of fused-ring (bicyclic) bond motifs is 1. The summed E-state index contributed by atoms with van der Waals surface area (Å²) in [5.74, 6) is -1.69. The number of carbonyl (C=O) groups is 2. The molecule has 1 aliphatic rings. The third kappa shape index (κ3) is 3.82. The van der Waals surface area contributed by atoms with Gasteiger partial charge in [-0.05, 0) is 61.4 Å². The number of ketones is 1. The van der Waals surface area contributed by atoms with Crippen molar-refractivity contribution in [2.45, 2.75) is 19.9 Å². The highest BCUT2D eigenvalue weighted by molar-refractivity contribution is 6.51. The molecule has 1 saturated heterocycles. The molecular formula is C27H22FN3O4. The number of hydrogen-bond acceptors (Lipinski definition) is 5. The first-order chi connectivity index (χ1) is 16.9. The predicted octanol–water partition coefficient (Wildman–Crippen LogP) is 5.04. The molecule has 0 spiro atoms. The van der Waals surface area contributed by atoms with Gasteiger partial charge in [0.25, 0.3) is 5.78 Å². The Bertz CT molecular complexity index is 1490. The first kappa shape index (κ1) is 22.3. The summed E-state index contributed by atoms with van der Waals surface area (Å²) in [5.41, 5.74) is 2.55. The second-order valence-electron chi connectivity index (χ2n) is 8.21. The molecule has 0 aliphatic carbocycles. The number of amides is 1. The number of nitrogens with one attached hydrogen (secondary N) is 1. The van der Waals surface area contributed by atoms with E-state index in [-0.39, 0.29) is 17.3 Å². The predicted molar refractivity (Wildman–Crippen MR) is 130 cm³/mol. The Kier molecular flexibility index (Phi) is 5.56. The average molecular weight is 471 g/mol. The van der Waals surface area contributed by atoms with Gasteiger partial charge in [-0.2, -0.15) is 0 Å². The SMILES string of the molecule is CCOc1ccc(/C(O)=C2\C(=O)C(=O)N(c3nc4ccc(F)cc4[nH]3)C2c2ccccc2)cc1C. The van der Waals surface area contributed by atoms with E-state index in [4.69, 9.17) is 4.74 Å². The maximum absolute atomic E-state index is 13.7. The largest absolute Gasteiger partial charge is 0.507 e. The number of Topliss-reactive ketones (excluding diaryl/α,β-unsaturated/α-hetero) is 1. The first-order valence-corrected chi connectivity index (χ1v) is 11.1. The van der Waals surface area contributed by atoms with Crippen LogP contribution in [0.25, 0.3) is 16.8 Å². The van der Waals surface area contributed by atoms with Crippen LogP contribution in [0.5, 0.6) is 5.75 Å². The molecule has 2 N–H and O–H groups in total. The number of aliphatic hydroxyl groups excluding tert-OH is 1. The quantitative estimate of drug-likeness (QED) is 0.242. The summed E-state index contributed by atoms with van der Waals surface area (Å²) < 4.78 is 19.3. The number of carbonyl (C=O) groups excluding carboxylic acids is 2. The number of H-pyrrole nitrogens is 1. The number of aromatic amines is 1. The van der Waals surface area contributed by atoms with E-state index in [1.165, 1.54) is 23.1 Å². The molecule has 1 fully saturated rings. The number of ether oxygens (including phenoxy) is 1. The normalized spacial score (nSPS) is 17.3. The Labute approximate surface area is 200 Å². The monoisotopic (exact) mass is 471 g/mol. The number of benzene rings is 3. The zero-order chi connectivity index (χ0) is 24.7. The summed E-state index contributed by atoms with van der Waals surface area (Å²) in [5, 5.41) is 11.3. The molecule has 0 saturated carbocycles. The molecule has 1 atom stereocenters. The van der Waals surface area contributed by atoms with Crippen molar-refractivity contribution in [3.63, 3.8) is 0 Å². The van der Waals surface area contributed by atoms with E-state index in [9.17, 15) is 19.1 Å². The number of aliphatic hydroxyl groups is 1. The van der Waals surface area contributed by atoms with Crippen molar-refractivity contribution in [2.24, 2.45) is 0 Å². The van der Waals surface area contributed by atoms with Gasteiger partial charge in [-0.3, -0.25) is 14.5 Å². The minimum Gasteiger partial charge on any atom is -0.507 e. The van der Waals surface area contributed by atoms with Crippen molar-refractivity contribution in [2.75, 3.05) is 11.5 Å². The van der Waals surface area contributed by atoms with Crippen molar-refractivity contribution in [1.82, 2.24) is 9.97 Å². The molecular weight excluding hydrogens is 449 g/mol. The van der Waals surface area contributed by atoms with Crippen LogP contribution in [0.3, 0.4) is 0 Å². The fourth-order valence-corrected chi connectivity index (χ4v) is 4.35. The van der Waals surface area contributed by atoms with Gasteiger partial charge >= 0.3 is 5.91 Å². The first-order valence-electron chi connectivity index (χ1n) is 11.1. The second kappa shape index (κ2) is 8.72. The fraction of sp³-hybridized carbons (Fsp3) is 0.148. The topological polar surface area (TPSA) is 95.5 Å². The lowest BCUT2D eigenvalue weighted by atomic mass is 9.95. The Morgan fingerprint density at radius 2 is 1.89 bits per heavy atom. The molecule has 0 bridgehead atoms. The number of anilines is 1. The molecule has 1 amide bonds. The van der Waals surface area contributed by atoms with Gasteiger partial charge in [0.1, 0.15) is 17.3 Å². The molecule has 8 heteroatoms. The number of aryl methyl sites for hydroxylation is 1. The second-order valence-corrected chi connectivity index (χ2v) is 8.21. The van der Waals surface area contributed by atoms with E-state index in [0.717, 1.165) is 5.56 Å². The lowest BCUT2D eigenvalue weighted by molar-refractivity contribution is -0.132. The van der Waals surface area contributed by atoms with Gasteiger partial charge in [-0.15, -0.1) is 0 Å². The van der Waals surface area contributed by atoms with Crippen molar-refractivity contribution in [3.05, 3.63) is 94.8 Å². The Morgan fingerprint density at radius 1 is 1.11 bits per heavy atom. The molecule has 176 valence electrons. The van der Waals surface area contributed by atoms with Crippen molar-refractivity contribution in [1.29, 1.82) is 0 Å². The van der Waals surface area contributed by atoms with Crippen molar-refractivity contribution < 1.29 is 23.8 Å². The summed E-state index contributed by atoms with van der Waals surface area (Å²) in [6, 6.07) is 17.1. The van der Waals surface area contributed by atoms with Crippen LogP contribution in [-0.2, 0) is 9.59 Å². The molecule has 35 heavy (non-hydrogen) atoms. The summed E-state index contributed by atoms with van der Waals surface area (Å²) in [4.78, 5) is 35.1. The van der Waals surface area contributed by atoms with Crippen LogP contribution < -0.4 is 9.64 Å².